The van der Waals surface area contributed by atoms with E-state index < -0.39 is 14.2 Å². The lowest BCUT2D eigenvalue weighted by molar-refractivity contribution is 0.181. The normalized spacial score (nSPS) is 12.2. The summed E-state index contributed by atoms with van der Waals surface area (Å²) >= 11 is 0. The summed E-state index contributed by atoms with van der Waals surface area (Å²) in [7, 11) is 2.76. The Balaban J connectivity index is 2.65. The second-order valence-electron chi connectivity index (χ2n) is 3.37. The topological polar surface area (TPSA) is 86.5 Å². The zero-order chi connectivity index (χ0) is 12.6. The molecule has 0 aliphatic rings. The van der Waals surface area contributed by atoms with E-state index in [4.69, 9.17) is 15.4 Å². The first kappa shape index (κ1) is 12.2. The maximum Gasteiger partial charge on any atom is 0.298 e. The van der Waals surface area contributed by atoms with Crippen molar-refractivity contribution in [3.05, 3.63) is 17.5 Å². The average Bonchev–Trinajstić information content (AvgIpc) is 2.61. The fourth-order valence-corrected chi connectivity index (χ4v) is 1.95. The van der Waals surface area contributed by atoms with Gasteiger partial charge >= 0.3 is 0 Å². The van der Waals surface area contributed by atoms with Crippen molar-refractivity contribution < 1.29 is 13.2 Å². The zero-order valence-corrected chi connectivity index (χ0v) is 10.7. The number of fused-ring (bicyclic) bond motifs is 1. The number of hydrogen-bond donors (Lipinski definition) is 0. The van der Waals surface area contributed by atoms with Crippen molar-refractivity contribution in [3.8, 4) is 0 Å². The van der Waals surface area contributed by atoms with Crippen LogP contribution in [-0.4, -0.2) is 35.1 Å². The fraction of sp³-hybridized carbons (Fsp3) is 0.375. The van der Waals surface area contributed by atoms with Gasteiger partial charge in [-0.25, -0.2) is 17.9 Å². The Bertz CT molecular complexity index is 667. The molecule has 0 N–H and O–H groups in total. The summed E-state index contributed by atoms with van der Waals surface area (Å²) in [5, 5.41) is 3.31. The van der Waals surface area contributed by atoms with E-state index in [-0.39, 0.29) is 5.78 Å². The molecule has 0 saturated carbocycles. The standard InChI is InChI=1S/C8H9ClN4O3S/c1-5-3-6(4-16-2)10-7-11-8(12-13(5)7)17(9,14)15/h3H,4H2,1-2H3. The monoisotopic (exact) mass is 276 g/mol. The van der Waals surface area contributed by atoms with Gasteiger partial charge in [-0.05, 0) is 13.0 Å². The number of nitrogens with zero attached hydrogens (tertiary/aromatic N) is 4. The minimum absolute atomic E-state index is 0.177. The summed E-state index contributed by atoms with van der Waals surface area (Å²) in [6, 6.07) is 1.73. The summed E-state index contributed by atoms with van der Waals surface area (Å²) in [6.07, 6.45) is 0. The highest BCUT2D eigenvalue weighted by molar-refractivity contribution is 8.13. The Labute approximate surface area is 102 Å². The molecule has 0 amide bonds. The van der Waals surface area contributed by atoms with E-state index in [1.54, 1.807) is 20.1 Å². The molecule has 0 aromatic carbocycles. The van der Waals surface area contributed by atoms with Crippen molar-refractivity contribution in [2.24, 2.45) is 0 Å². The molecule has 2 rings (SSSR count). The fourth-order valence-electron chi connectivity index (χ4n) is 1.38. The van der Waals surface area contributed by atoms with Gasteiger partial charge in [-0.2, -0.15) is 4.98 Å². The molecular weight excluding hydrogens is 268 g/mol. The first-order chi connectivity index (χ1) is 7.91. The van der Waals surface area contributed by atoms with E-state index in [0.29, 0.717) is 18.0 Å². The Hall–Kier alpha value is -1.25. The third kappa shape index (κ3) is 2.38. The molecule has 2 heterocycles. The van der Waals surface area contributed by atoms with Crippen LogP contribution < -0.4 is 0 Å². The minimum Gasteiger partial charge on any atom is -0.378 e. The number of rotatable bonds is 3. The summed E-state index contributed by atoms with van der Waals surface area (Å²) < 4.78 is 28.5. The summed E-state index contributed by atoms with van der Waals surface area (Å²) in [5.41, 5.74) is 1.34. The van der Waals surface area contributed by atoms with E-state index in [9.17, 15) is 8.42 Å². The lowest BCUT2D eigenvalue weighted by Gasteiger charge is -2.01. The van der Waals surface area contributed by atoms with E-state index in [0.717, 1.165) is 0 Å². The zero-order valence-electron chi connectivity index (χ0n) is 9.08. The second-order valence-corrected chi connectivity index (χ2v) is 5.83. The summed E-state index contributed by atoms with van der Waals surface area (Å²) in [4.78, 5) is 7.85. The van der Waals surface area contributed by atoms with E-state index in [1.807, 2.05) is 0 Å². The van der Waals surface area contributed by atoms with Crippen LogP contribution in [0.3, 0.4) is 0 Å². The summed E-state index contributed by atoms with van der Waals surface area (Å²) in [5.74, 6) is 0.177. The molecule has 0 saturated heterocycles. The van der Waals surface area contributed by atoms with Crippen LogP contribution in [0, 0.1) is 6.92 Å². The van der Waals surface area contributed by atoms with Crippen LogP contribution in [0.5, 0.6) is 0 Å². The van der Waals surface area contributed by atoms with Crippen molar-refractivity contribution in [2.45, 2.75) is 18.7 Å². The molecule has 0 aliphatic heterocycles. The quantitative estimate of drug-likeness (QED) is 0.759. The molecule has 0 bridgehead atoms. The van der Waals surface area contributed by atoms with E-state index in [1.165, 1.54) is 4.52 Å². The number of aryl methyl sites for hydroxylation is 1. The van der Waals surface area contributed by atoms with Gasteiger partial charge in [0.05, 0.1) is 12.3 Å². The predicted molar refractivity (Wildman–Crippen MR) is 59.3 cm³/mol. The molecule has 0 radical (unpaired) electrons. The maximum atomic E-state index is 11.1. The number of ether oxygens (including phenoxy) is 1. The second kappa shape index (κ2) is 4.21. The van der Waals surface area contributed by atoms with Crippen molar-refractivity contribution >= 4 is 25.5 Å². The van der Waals surface area contributed by atoms with Crippen LogP contribution in [-0.2, 0) is 20.4 Å². The molecule has 2 aromatic heterocycles. The van der Waals surface area contributed by atoms with Crippen LogP contribution >= 0.6 is 10.7 Å². The maximum absolute atomic E-state index is 11.1. The van der Waals surface area contributed by atoms with Gasteiger partial charge in [0.2, 0.25) is 0 Å². The number of methoxy groups -OCH3 is 1. The van der Waals surface area contributed by atoms with Crippen molar-refractivity contribution in [3.63, 3.8) is 0 Å². The Morgan fingerprint density at radius 3 is 2.76 bits per heavy atom. The van der Waals surface area contributed by atoms with Gasteiger partial charge in [0.25, 0.3) is 20.0 Å². The van der Waals surface area contributed by atoms with Gasteiger partial charge in [-0.1, -0.05) is 0 Å². The Kier molecular flexibility index (Phi) is 3.02. The number of hydrogen-bond acceptors (Lipinski definition) is 6. The average molecular weight is 277 g/mol. The first-order valence-corrected chi connectivity index (χ1v) is 6.89. The van der Waals surface area contributed by atoms with Crippen molar-refractivity contribution in [1.29, 1.82) is 0 Å². The molecule has 0 aliphatic carbocycles. The highest BCUT2D eigenvalue weighted by Crippen LogP contribution is 2.12. The highest BCUT2D eigenvalue weighted by atomic mass is 35.7. The third-order valence-corrected chi connectivity index (χ3v) is 3.06. The number of halogens is 1. The van der Waals surface area contributed by atoms with Crippen LogP contribution in [0.1, 0.15) is 11.4 Å². The van der Waals surface area contributed by atoms with Crippen molar-refractivity contribution in [2.75, 3.05) is 7.11 Å². The minimum atomic E-state index is -3.95. The molecule has 92 valence electrons. The molecule has 0 unspecified atom stereocenters. The van der Waals surface area contributed by atoms with Crippen LogP contribution in [0.25, 0.3) is 5.78 Å². The Morgan fingerprint density at radius 1 is 1.47 bits per heavy atom. The van der Waals surface area contributed by atoms with Crippen LogP contribution in [0.2, 0.25) is 0 Å². The van der Waals surface area contributed by atoms with Gasteiger partial charge in [-0.15, -0.1) is 5.10 Å². The molecule has 17 heavy (non-hydrogen) atoms. The smallest absolute Gasteiger partial charge is 0.298 e. The van der Waals surface area contributed by atoms with Crippen molar-refractivity contribution in [1.82, 2.24) is 19.6 Å². The van der Waals surface area contributed by atoms with E-state index >= 15 is 0 Å². The lowest BCUT2D eigenvalue weighted by atomic mass is 10.3. The van der Waals surface area contributed by atoms with Gasteiger partial charge in [-0.3, -0.25) is 0 Å². The SMILES string of the molecule is COCc1cc(C)n2nc(S(=O)(=O)Cl)nc2n1. The Morgan fingerprint density at radius 2 is 2.18 bits per heavy atom. The van der Waals surface area contributed by atoms with Crippen LogP contribution in [0.4, 0.5) is 0 Å². The van der Waals surface area contributed by atoms with Gasteiger partial charge < -0.3 is 4.74 Å². The molecule has 0 fully saturated rings. The third-order valence-electron chi connectivity index (χ3n) is 2.03. The first-order valence-electron chi connectivity index (χ1n) is 4.58. The molecular formula is C8H9ClN4O3S. The lowest BCUT2D eigenvalue weighted by Crippen LogP contribution is -2.01. The van der Waals surface area contributed by atoms with Gasteiger partial charge in [0.1, 0.15) is 0 Å². The molecule has 0 atom stereocenters. The predicted octanol–water partition coefficient (Wildman–Crippen LogP) is 0.507. The van der Waals surface area contributed by atoms with Gasteiger partial charge in [0.15, 0.2) is 0 Å². The molecule has 9 heteroatoms. The molecule has 2 aromatic rings. The highest BCUT2D eigenvalue weighted by Gasteiger charge is 2.18. The van der Waals surface area contributed by atoms with E-state index in [2.05, 4.69) is 15.1 Å². The molecule has 0 spiro atoms. The number of aromatic nitrogens is 4. The summed E-state index contributed by atoms with van der Waals surface area (Å²) in [6.45, 7) is 2.07. The molecule has 7 nitrogen and oxygen atoms in total. The van der Waals surface area contributed by atoms with Crippen LogP contribution in [0.15, 0.2) is 11.2 Å². The van der Waals surface area contributed by atoms with Gasteiger partial charge in [0, 0.05) is 23.5 Å². The largest absolute Gasteiger partial charge is 0.378 e.